The van der Waals surface area contributed by atoms with Gasteiger partial charge in [0.1, 0.15) is 6.33 Å². The number of para-hydroxylation sites is 1. The molecular weight excluding hydrogens is 350 g/mol. The molecule has 1 saturated heterocycles. The molecule has 1 fully saturated rings. The molecule has 5 rings (SSSR count). The fraction of sp³-hybridized carbons (Fsp3) is 0.333. The van der Waals surface area contributed by atoms with Gasteiger partial charge in [0, 0.05) is 37.1 Å². The summed E-state index contributed by atoms with van der Waals surface area (Å²) in [6, 6.07) is 12.6. The van der Waals surface area contributed by atoms with E-state index in [0.717, 1.165) is 37.4 Å². The van der Waals surface area contributed by atoms with Gasteiger partial charge < -0.3 is 0 Å². The number of hydrogen-bond acceptors (Lipinski definition) is 5. The van der Waals surface area contributed by atoms with Gasteiger partial charge in [0.2, 0.25) is 0 Å². The molecule has 142 valence electrons. The van der Waals surface area contributed by atoms with Crippen LogP contribution in [0.1, 0.15) is 35.7 Å². The maximum absolute atomic E-state index is 4.48. The van der Waals surface area contributed by atoms with Gasteiger partial charge in [-0.1, -0.05) is 18.2 Å². The maximum Gasteiger partial charge on any atom is 0.252 e. The molecule has 28 heavy (non-hydrogen) atoms. The Hall–Kier alpha value is -3.06. The van der Waals surface area contributed by atoms with Gasteiger partial charge in [-0.25, -0.2) is 14.2 Å². The number of aryl methyl sites for hydroxylation is 1. The van der Waals surface area contributed by atoms with Crippen LogP contribution in [0, 0.1) is 6.92 Å². The molecule has 7 heteroatoms. The first-order chi connectivity index (χ1) is 13.8. The number of hydrogen-bond donors (Lipinski definition) is 0. The van der Waals surface area contributed by atoms with E-state index in [1.807, 2.05) is 34.6 Å². The zero-order chi connectivity index (χ0) is 18.9. The van der Waals surface area contributed by atoms with Crippen molar-refractivity contribution in [2.45, 2.75) is 32.2 Å². The third-order valence-corrected chi connectivity index (χ3v) is 5.47. The van der Waals surface area contributed by atoms with E-state index >= 15 is 0 Å². The van der Waals surface area contributed by atoms with E-state index in [0.29, 0.717) is 11.7 Å². The number of fused-ring (bicyclic) bond motifs is 1. The summed E-state index contributed by atoms with van der Waals surface area (Å²) in [5.74, 6) is 1.12. The van der Waals surface area contributed by atoms with Crippen molar-refractivity contribution >= 4 is 5.78 Å². The van der Waals surface area contributed by atoms with Crippen LogP contribution >= 0.6 is 0 Å². The summed E-state index contributed by atoms with van der Waals surface area (Å²) in [6.07, 6.45) is 7.75. The summed E-state index contributed by atoms with van der Waals surface area (Å²) in [7, 11) is 0. The summed E-state index contributed by atoms with van der Waals surface area (Å²) in [5.41, 5.74) is 4.65. The quantitative estimate of drug-likeness (QED) is 0.550. The minimum atomic E-state index is 0.427. The van der Waals surface area contributed by atoms with Crippen molar-refractivity contribution in [3.63, 3.8) is 0 Å². The second kappa shape index (κ2) is 7.16. The number of nitrogens with zero attached hydrogens (tertiary/aromatic N) is 7. The van der Waals surface area contributed by atoms with E-state index in [1.165, 1.54) is 17.7 Å². The van der Waals surface area contributed by atoms with Gasteiger partial charge >= 0.3 is 0 Å². The molecule has 1 aliphatic heterocycles. The molecule has 0 aliphatic carbocycles. The molecule has 0 N–H and O–H groups in total. The summed E-state index contributed by atoms with van der Waals surface area (Å²) >= 11 is 0. The average Bonchev–Trinajstić information content (AvgIpc) is 3.40. The molecule has 4 heterocycles. The normalized spacial score (nSPS) is 18.0. The minimum absolute atomic E-state index is 0.427. The highest BCUT2D eigenvalue weighted by Crippen LogP contribution is 2.29. The third kappa shape index (κ3) is 3.18. The molecule has 0 spiro atoms. The predicted molar refractivity (Wildman–Crippen MR) is 106 cm³/mol. The largest absolute Gasteiger partial charge is 0.298 e. The van der Waals surface area contributed by atoms with Crippen LogP contribution in [0.25, 0.3) is 11.5 Å². The van der Waals surface area contributed by atoms with Gasteiger partial charge in [-0.3, -0.25) is 4.90 Å². The van der Waals surface area contributed by atoms with Crippen LogP contribution in [0.5, 0.6) is 0 Å². The van der Waals surface area contributed by atoms with Gasteiger partial charge in [0.15, 0.2) is 0 Å². The Bertz CT molecular complexity index is 1080. The summed E-state index contributed by atoms with van der Waals surface area (Å²) in [6.45, 7) is 5.05. The highest BCUT2D eigenvalue weighted by molar-refractivity contribution is 5.40. The lowest BCUT2D eigenvalue weighted by atomic mass is 9.93. The molecule has 0 bridgehead atoms. The Kier molecular flexibility index (Phi) is 4.37. The van der Waals surface area contributed by atoms with Crippen molar-refractivity contribution in [3.8, 4) is 5.69 Å². The SMILES string of the molecule is Cc1cc(C2CCCN(Cc3ccccc3-n3cccn3)C2)n2ncnc2n1. The van der Waals surface area contributed by atoms with Crippen LogP contribution in [-0.4, -0.2) is 47.4 Å². The first-order valence-corrected chi connectivity index (χ1v) is 9.75. The lowest BCUT2D eigenvalue weighted by Gasteiger charge is -2.33. The van der Waals surface area contributed by atoms with Crippen LogP contribution in [0.2, 0.25) is 0 Å². The number of likely N-dealkylation sites (tertiary alicyclic amines) is 1. The van der Waals surface area contributed by atoms with E-state index in [1.54, 1.807) is 6.33 Å². The van der Waals surface area contributed by atoms with Crippen molar-refractivity contribution in [3.05, 3.63) is 72.1 Å². The third-order valence-electron chi connectivity index (χ3n) is 5.47. The van der Waals surface area contributed by atoms with Crippen molar-refractivity contribution in [1.82, 2.24) is 34.3 Å². The van der Waals surface area contributed by atoms with E-state index in [2.05, 4.69) is 55.4 Å². The average molecular weight is 373 g/mol. The van der Waals surface area contributed by atoms with Gasteiger partial charge in [-0.2, -0.15) is 15.2 Å². The van der Waals surface area contributed by atoms with E-state index in [-0.39, 0.29) is 0 Å². The molecule has 1 unspecified atom stereocenters. The summed E-state index contributed by atoms with van der Waals surface area (Å²) in [4.78, 5) is 11.3. The Morgan fingerprint density at radius 3 is 2.96 bits per heavy atom. The van der Waals surface area contributed by atoms with Crippen LogP contribution < -0.4 is 0 Å². The topological polar surface area (TPSA) is 64.1 Å². The molecule has 3 aromatic heterocycles. The Morgan fingerprint density at radius 2 is 2.07 bits per heavy atom. The number of piperidine rings is 1. The minimum Gasteiger partial charge on any atom is -0.298 e. The first-order valence-electron chi connectivity index (χ1n) is 9.75. The van der Waals surface area contributed by atoms with Gasteiger partial charge in [-0.15, -0.1) is 0 Å². The smallest absolute Gasteiger partial charge is 0.252 e. The molecule has 1 atom stereocenters. The molecule has 1 aliphatic rings. The molecule has 0 amide bonds. The highest BCUT2D eigenvalue weighted by Gasteiger charge is 2.25. The summed E-state index contributed by atoms with van der Waals surface area (Å²) < 4.78 is 3.85. The van der Waals surface area contributed by atoms with Crippen molar-refractivity contribution < 1.29 is 0 Å². The Balaban J connectivity index is 1.41. The van der Waals surface area contributed by atoms with E-state index in [9.17, 15) is 0 Å². The summed E-state index contributed by atoms with van der Waals surface area (Å²) in [5, 5.41) is 8.82. The first kappa shape index (κ1) is 17.1. The van der Waals surface area contributed by atoms with Crippen LogP contribution in [-0.2, 0) is 6.54 Å². The Labute approximate surface area is 163 Å². The monoisotopic (exact) mass is 373 g/mol. The second-order valence-electron chi connectivity index (χ2n) is 7.45. The molecule has 1 aromatic carbocycles. The number of rotatable bonds is 4. The van der Waals surface area contributed by atoms with Crippen LogP contribution in [0.3, 0.4) is 0 Å². The molecule has 4 aromatic rings. The highest BCUT2D eigenvalue weighted by atomic mass is 15.3. The van der Waals surface area contributed by atoms with Crippen LogP contribution in [0.4, 0.5) is 0 Å². The zero-order valence-electron chi connectivity index (χ0n) is 15.9. The van der Waals surface area contributed by atoms with E-state index in [4.69, 9.17) is 0 Å². The number of benzene rings is 1. The van der Waals surface area contributed by atoms with E-state index < -0.39 is 0 Å². The fourth-order valence-electron chi connectivity index (χ4n) is 4.21. The van der Waals surface area contributed by atoms with Crippen molar-refractivity contribution in [2.75, 3.05) is 13.1 Å². The Morgan fingerprint density at radius 1 is 1.14 bits per heavy atom. The van der Waals surface area contributed by atoms with Crippen LogP contribution in [0.15, 0.2) is 55.1 Å². The maximum atomic E-state index is 4.48. The second-order valence-corrected chi connectivity index (χ2v) is 7.45. The lowest BCUT2D eigenvalue weighted by Crippen LogP contribution is -2.35. The fourth-order valence-corrected chi connectivity index (χ4v) is 4.21. The zero-order valence-corrected chi connectivity index (χ0v) is 15.9. The van der Waals surface area contributed by atoms with Gasteiger partial charge in [0.05, 0.1) is 11.4 Å². The molecular formula is C21H23N7. The molecule has 7 nitrogen and oxygen atoms in total. The van der Waals surface area contributed by atoms with Crippen molar-refractivity contribution in [2.24, 2.45) is 0 Å². The van der Waals surface area contributed by atoms with Crippen molar-refractivity contribution in [1.29, 1.82) is 0 Å². The molecule has 0 saturated carbocycles. The molecule has 0 radical (unpaired) electrons. The lowest BCUT2D eigenvalue weighted by molar-refractivity contribution is 0.197. The van der Waals surface area contributed by atoms with Gasteiger partial charge in [0.25, 0.3) is 5.78 Å². The number of aromatic nitrogens is 6. The van der Waals surface area contributed by atoms with Gasteiger partial charge in [-0.05, 0) is 50.1 Å². The standard InChI is InChI=1S/C21H23N7/c1-16-12-20(28-21(25-16)22-15-24-28)18-7-4-10-26(14-18)13-17-6-2-3-8-19(17)27-11-5-9-23-27/h2-3,5-6,8-9,11-12,15,18H,4,7,10,13-14H2,1H3. The predicted octanol–water partition coefficient (Wildman–Crippen LogP) is 3.00.